The molecule has 0 atom stereocenters. The van der Waals surface area contributed by atoms with Gasteiger partial charge in [-0.3, -0.25) is 0 Å². The Morgan fingerprint density at radius 3 is 2.56 bits per heavy atom. The SMILES string of the molecule is N#Cc1nccnc1Oc1ccc(CCN)cc1. The van der Waals surface area contributed by atoms with Crippen molar-refractivity contribution in [2.24, 2.45) is 5.73 Å². The van der Waals surface area contributed by atoms with Crippen LogP contribution in [0.5, 0.6) is 11.6 Å². The van der Waals surface area contributed by atoms with E-state index in [0.29, 0.717) is 12.3 Å². The molecule has 2 rings (SSSR count). The topological polar surface area (TPSA) is 84.8 Å². The highest BCUT2D eigenvalue weighted by atomic mass is 16.5. The van der Waals surface area contributed by atoms with Crippen molar-refractivity contribution in [1.82, 2.24) is 9.97 Å². The molecule has 1 aromatic carbocycles. The van der Waals surface area contributed by atoms with Crippen LogP contribution in [0.2, 0.25) is 0 Å². The first-order valence-electron chi connectivity index (χ1n) is 5.51. The molecule has 0 radical (unpaired) electrons. The molecule has 90 valence electrons. The number of nitrogens with zero attached hydrogens (tertiary/aromatic N) is 3. The lowest BCUT2D eigenvalue weighted by Crippen LogP contribution is -2.02. The average molecular weight is 240 g/mol. The van der Waals surface area contributed by atoms with E-state index in [9.17, 15) is 0 Å². The third kappa shape index (κ3) is 2.81. The molecular weight excluding hydrogens is 228 g/mol. The fraction of sp³-hybridized carbons (Fsp3) is 0.154. The highest BCUT2D eigenvalue weighted by Gasteiger charge is 2.06. The van der Waals surface area contributed by atoms with Crippen LogP contribution < -0.4 is 10.5 Å². The van der Waals surface area contributed by atoms with Gasteiger partial charge in [0.25, 0.3) is 5.88 Å². The van der Waals surface area contributed by atoms with Gasteiger partial charge in [-0.15, -0.1) is 0 Å². The lowest BCUT2D eigenvalue weighted by Gasteiger charge is -2.06. The molecular formula is C13H12N4O. The summed E-state index contributed by atoms with van der Waals surface area (Å²) in [5, 5.41) is 8.86. The number of nitrogens with two attached hydrogens (primary N) is 1. The third-order valence-corrected chi connectivity index (χ3v) is 2.34. The Bertz CT molecular complexity index is 560. The van der Waals surface area contributed by atoms with Crippen LogP contribution in [0.3, 0.4) is 0 Å². The van der Waals surface area contributed by atoms with Crippen LogP contribution in [0, 0.1) is 11.3 Å². The van der Waals surface area contributed by atoms with Crippen molar-refractivity contribution in [2.45, 2.75) is 6.42 Å². The Hall–Kier alpha value is -2.45. The van der Waals surface area contributed by atoms with E-state index in [1.165, 1.54) is 12.4 Å². The largest absolute Gasteiger partial charge is 0.437 e. The number of aromatic nitrogens is 2. The Balaban J connectivity index is 2.16. The maximum Gasteiger partial charge on any atom is 0.256 e. The van der Waals surface area contributed by atoms with E-state index in [1.807, 2.05) is 30.3 Å². The quantitative estimate of drug-likeness (QED) is 0.878. The van der Waals surface area contributed by atoms with Crippen LogP contribution in [0.4, 0.5) is 0 Å². The molecule has 0 saturated carbocycles. The van der Waals surface area contributed by atoms with Gasteiger partial charge in [-0.2, -0.15) is 5.26 Å². The molecule has 2 N–H and O–H groups in total. The summed E-state index contributed by atoms with van der Waals surface area (Å²) in [6, 6.07) is 9.44. The summed E-state index contributed by atoms with van der Waals surface area (Å²) in [5.74, 6) is 0.833. The van der Waals surface area contributed by atoms with Gasteiger partial charge in [0.05, 0.1) is 0 Å². The van der Waals surface area contributed by atoms with E-state index in [0.717, 1.165) is 12.0 Å². The van der Waals surface area contributed by atoms with E-state index < -0.39 is 0 Å². The summed E-state index contributed by atoms with van der Waals surface area (Å²) in [7, 11) is 0. The molecule has 5 heteroatoms. The van der Waals surface area contributed by atoms with E-state index in [1.54, 1.807) is 0 Å². The Morgan fingerprint density at radius 1 is 1.17 bits per heavy atom. The minimum Gasteiger partial charge on any atom is -0.437 e. The van der Waals surface area contributed by atoms with Crippen LogP contribution in [0.15, 0.2) is 36.7 Å². The van der Waals surface area contributed by atoms with Crippen molar-refractivity contribution in [3.05, 3.63) is 47.9 Å². The second-order valence-corrected chi connectivity index (χ2v) is 3.61. The van der Waals surface area contributed by atoms with Gasteiger partial charge in [0, 0.05) is 12.4 Å². The van der Waals surface area contributed by atoms with Crippen molar-refractivity contribution in [1.29, 1.82) is 5.26 Å². The van der Waals surface area contributed by atoms with E-state index in [2.05, 4.69) is 9.97 Å². The Kier molecular flexibility index (Phi) is 3.84. The molecule has 0 aliphatic rings. The molecule has 0 aliphatic carbocycles. The second-order valence-electron chi connectivity index (χ2n) is 3.61. The highest BCUT2D eigenvalue weighted by molar-refractivity contribution is 5.36. The Morgan fingerprint density at radius 2 is 1.89 bits per heavy atom. The van der Waals surface area contributed by atoms with Crippen LogP contribution in [-0.2, 0) is 6.42 Å². The van der Waals surface area contributed by atoms with Crippen molar-refractivity contribution in [3.8, 4) is 17.7 Å². The predicted molar refractivity (Wildman–Crippen MR) is 66.0 cm³/mol. The molecule has 18 heavy (non-hydrogen) atoms. The molecule has 5 nitrogen and oxygen atoms in total. The van der Waals surface area contributed by atoms with Crippen molar-refractivity contribution >= 4 is 0 Å². The minimum absolute atomic E-state index is 0.170. The lowest BCUT2D eigenvalue weighted by atomic mass is 10.1. The molecule has 1 heterocycles. The molecule has 0 bridgehead atoms. The number of hydrogen-bond acceptors (Lipinski definition) is 5. The van der Waals surface area contributed by atoms with Crippen LogP contribution in [0.25, 0.3) is 0 Å². The number of nitriles is 1. The van der Waals surface area contributed by atoms with Crippen LogP contribution in [-0.4, -0.2) is 16.5 Å². The van der Waals surface area contributed by atoms with Crippen molar-refractivity contribution in [2.75, 3.05) is 6.54 Å². The molecule has 0 saturated heterocycles. The first kappa shape index (κ1) is 12.0. The van der Waals surface area contributed by atoms with Gasteiger partial charge in [-0.1, -0.05) is 12.1 Å². The zero-order valence-electron chi connectivity index (χ0n) is 9.71. The lowest BCUT2D eigenvalue weighted by molar-refractivity contribution is 0.458. The maximum atomic E-state index is 8.86. The Labute approximate surface area is 105 Å². The summed E-state index contributed by atoms with van der Waals surface area (Å²) in [5.41, 5.74) is 6.79. The van der Waals surface area contributed by atoms with Crippen molar-refractivity contribution in [3.63, 3.8) is 0 Å². The predicted octanol–water partition coefficient (Wildman–Crippen LogP) is 1.64. The molecule has 1 aromatic heterocycles. The number of rotatable bonds is 4. The fourth-order valence-corrected chi connectivity index (χ4v) is 1.48. The smallest absolute Gasteiger partial charge is 0.256 e. The van der Waals surface area contributed by atoms with Crippen LogP contribution >= 0.6 is 0 Å². The first-order chi connectivity index (χ1) is 8.83. The minimum atomic E-state index is 0.170. The maximum absolute atomic E-state index is 8.86. The van der Waals surface area contributed by atoms with Gasteiger partial charge in [0.2, 0.25) is 5.69 Å². The van der Waals surface area contributed by atoms with Gasteiger partial charge >= 0.3 is 0 Å². The summed E-state index contributed by atoms with van der Waals surface area (Å²) in [4.78, 5) is 7.85. The van der Waals surface area contributed by atoms with Gasteiger partial charge in [0.1, 0.15) is 11.8 Å². The van der Waals surface area contributed by atoms with E-state index in [4.69, 9.17) is 15.7 Å². The first-order valence-corrected chi connectivity index (χ1v) is 5.51. The van der Waals surface area contributed by atoms with E-state index in [-0.39, 0.29) is 11.6 Å². The van der Waals surface area contributed by atoms with Gasteiger partial charge in [0.15, 0.2) is 0 Å². The number of hydrogen-bond donors (Lipinski definition) is 1. The summed E-state index contributed by atoms with van der Waals surface area (Å²) < 4.78 is 5.51. The second kappa shape index (κ2) is 5.75. The van der Waals surface area contributed by atoms with Crippen LogP contribution in [0.1, 0.15) is 11.3 Å². The van der Waals surface area contributed by atoms with Gasteiger partial charge in [-0.25, -0.2) is 9.97 Å². The van der Waals surface area contributed by atoms with E-state index >= 15 is 0 Å². The third-order valence-electron chi connectivity index (χ3n) is 2.34. The summed E-state index contributed by atoms with van der Waals surface area (Å²) in [6.07, 6.45) is 3.77. The molecule has 2 aromatic rings. The fourth-order valence-electron chi connectivity index (χ4n) is 1.48. The monoisotopic (exact) mass is 240 g/mol. The highest BCUT2D eigenvalue weighted by Crippen LogP contribution is 2.21. The number of ether oxygens (including phenoxy) is 1. The molecule has 0 aliphatic heterocycles. The van der Waals surface area contributed by atoms with Gasteiger partial charge in [-0.05, 0) is 30.7 Å². The molecule has 0 fully saturated rings. The zero-order valence-corrected chi connectivity index (χ0v) is 9.71. The molecule has 0 unspecified atom stereocenters. The van der Waals surface area contributed by atoms with Gasteiger partial charge < -0.3 is 10.5 Å². The number of benzene rings is 1. The van der Waals surface area contributed by atoms with Crippen molar-refractivity contribution < 1.29 is 4.74 Å². The summed E-state index contributed by atoms with van der Waals surface area (Å²) in [6.45, 7) is 0.614. The zero-order chi connectivity index (χ0) is 12.8. The standard InChI is InChI=1S/C13H12N4O/c14-6-5-10-1-3-11(4-2-10)18-13-12(9-15)16-7-8-17-13/h1-4,7-8H,5-6,14H2. The normalized spacial score (nSPS) is 9.78. The summed E-state index contributed by atoms with van der Waals surface area (Å²) >= 11 is 0. The average Bonchev–Trinajstić information content (AvgIpc) is 2.42. The molecule has 0 spiro atoms. The molecule has 0 amide bonds.